The topological polar surface area (TPSA) is 201 Å². The fourth-order valence-corrected chi connectivity index (χ4v) is 13.7. The number of piperazine rings is 1. The van der Waals surface area contributed by atoms with Crippen molar-refractivity contribution < 1.29 is 32.4 Å². The number of nitriles is 1. The molecule has 2 bridgehead atoms. The highest BCUT2D eigenvalue weighted by Gasteiger charge is 2.41. The van der Waals surface area contributed by atoms with Gasteiger partial charge in [-0.3, -0.25) is 14.5 Å². The Balaban J connectivity index is 0.703. The highest BCUT2D eigenvalue weighted by molar-refractivity contribution is 7.23. The number of hydrogen-bond acceptors (Lipinski definition) is 16. The number of thiophene rings is 1. The van der Waals surface area contributed by atoms with Gasteiger partial charge in [-0.25, -0.2) is 13.8 Å². The number of fused-ring (bicyclic) bond motifs is 4. The van der Waals surface area contributed by atoms with Crippen molar-refractivity contribution in [3.8, 4) is 39.5 Å². The van der Waals surface area contributed by atoms with Crippen LogP contribution in [0.15, 0.2) is 58.6 Å². The van der Waals surface area contributed by atoms with E-state index in [9.17, 15) is 14.9 Å². The Morgan fingerprint density at radius 2 is 1.78 bits per heavy atom. The number of carbonyl (C=O) groups excluding carboxylic acids is 2. The minimum Gasteiger partial charge on any atom is -0.475 e. The van der Waals surface area contributed by atoms with E-state index in [1.807, 2.05) is 45.3 Å². The third kappa shape index (κ3) is 10.5. The first-order chi connectivity index (χ1) is 37.2. The Morgan fingerprint density at radius 3 is 2.49 bits per heavy atom. The zero-order chi connectivity index (χ0) is 53.6. The van der Waals surface area contributed by atoms with Gasteiger partial charge < -0.3 is 40.2 Å². The molecular weight excluding hydrogens is 1040 g/mol. The average molecular weight is 1100 g/mol. The summed E-state index contributed by atoms with van der Waals surface area (Å²) < 4.78 is 50.6. The SMILES string of the molecule is Cc1ncsc1-c1ccc([C@H](C)NC(=O)[C@@H]2CCCN2C(=O)[C@@H](c2cc(OCC3CCN(CCOc4nc(N5CC6CCC(C5)N6)c5cc(Cl)c(-c6ccc(F)c7sc(N)c(C#N)c67)c(F)c5n4)CC3)no2)C(C)C)cc1. The standard InChI is InChI=1S/C56H60ClF2N11O5S2/c1-29(2)45(55(72)70-17-5-6-42(70)54(71)63-30(3)33-7-9-34(10-8-33)50-31(4)62-28-76-50)43-23-44(67-75-43)74-27-32-15-18-68(19-16-32)20-21-73-56-65-49-38(53(66-56)69-25-35-11-12-36(26-69)64-35)22-40(57)47(48(49)59)37-13-14-41(58)51-46(37)39(24-60)52(61)77-51/h7-10,13-14,22-23,28-30,32,35-36,42,45,64H,5-6,11-12,15-21,25-27,61H2,1-4H3,(H,63,71)/t30-,35?,36?,42-,45+/m0/s1. The molecule has 0 aliphatic carbocycles. The third-order valence-electron chi connectivity index (χ3n) is 15.7. The van der Waals surface area contributed by atoms with Crippen molar-refractivity contribution in [3.63, 3.8) is 0 Å². The van der Waals surface area contributed by atoms with Gasteiger partial charge in [0.1, 0.15) is 46.8 Å². The first kappa shape index (κ1) is 52.5. The van der Waals surface area contributed by atoms with E-state index in [2.05, 4.69) is 53.8 Å². The van der Waals surface area contributed by atoms with Gasteiger partial charge in [0, 0.05) is 60.7 Å². The van der Waals surface area contributed by atoms with Gasteiger partial charge in [-0.2, -0.15) is 15.2 Å². The van der Waals surface area contributed by atoms with E-state index in [4.69, 9.17) is 36.3 Å². The molecule has 4 aromatic heterocycles. The van der Waals surface area contributed by atoms with Crippen LogP contribution in [0, 0.1) is 41.7 Å². The molecule has 4 aliphatic rings. The Hall–Kier alpha value is -6.50. The number of halogens is 3. The predicted molar refractivity (Wildman–Crippen MR) is 294 cm³/mol. The number of hydrogen-bond donors (Lipinski definition) is 3. The largest absolute Gasteiger partial charge is 0.475 e. The Morgan fingerprint density at radius 1 is 1.01 bits per heavy atom. The summed E-state index contributed by atoms with van der Waals surface area (Å²) in [5.74, 6) is -0.907. The molecular formula is C56H60ClF2N11O5S2. The minimum atomic E-state index is -0.732. The zero-order valence-electron chi connectivity index (χ0n) is 43.3. The van der Waals surface area contributed by atoms with Crippen molar-refractivity contribution in [1.29, 1.82) is 5.26 Å². The fraction of sp³-hybridized carbons (Fsp3) is 0.446. The Bertz CT molecular complexity index is 3380. The maximum Gasteiger partial charge on any atom is 0.319 e. The summed E-state index contributed by atoms with van der Waals surface area (Å²) in [7, 11) is 0. The number of aromatic nitrogens is 4. The van der Waals surface area contributed by atoms with Crippen molar-refractivity contribution in [1.82, 2.24) is 40.5 Å². The van der Waals surface area contributed by atoms with Crippen LogP contribution in [0.4, 0.5) is 19.6 Å². The number of nitrogens with one attached hydrogen (secondary N) is 2. The van der Waals surface area contributed by atoms with Gasteiger partial charge >= 0.3 is 6.01 Å². The van der Waals surface area contributed by atoms with Gasteiger partial charge in [-0.05, 0) is 111 Å². The van der Waals surface area contributed by atoms with E-state index < -0.39 is 23.6 Å². The summed E-state index contributed by atoms with van der Waals surface area (Å²) in [6.07, 6.45) is 5.09. The number of nitrogens with two attached hydrogens (primary N) is 1. The molecule has 77 heavy (non-hydrogen) atoms. The molecule has 402 valence electrons. The van der Waals surface area contributed by atoms with E-state index in [1.165, 1.54) is 12.1 Å². The number of likely N-dealkylation sites (tertiary alicyclic amines) is 2. The predicted octanol–water partition coefficient (Wildman–Crippen LogP) is 10.0. The van der Waals surface area contributed by atoms with Crippen LogP contribution in [0.25, 0.3) is 42.6 Å². The number of nitrogens with zero attached hydrogens (tertiary/aromatic N) is 8. The first-order valence-electron chi connectivity index (χ1n) is 26.4. The zero-order valence-corrected chi connectivity index (χ0v) is 45.7. The number of amides is 2. The van der Waals surface area contributed by atoms with Crippen LogP contribution >= 0.6 is 34.3 Å². The maximum atomic E-state index is 17.2. The molecule has 4 saturated heterocycles. The lowest BCUT2D eigenvalue weighted by atomic mass is 9.91. The molecule has 2 unspecified atom stereocenters. The summed E-state index contributed by atoms with van der Waals surface area (Å²) in [4.78, 5) is 49.2. The van der Waals surface area contributed by atoms with Crippen LogP contribution in [0.2, 0.25) is 5.02 Å². The quantitative estimate of drug-likeness (QED) is 0.0825. The number of aryl methyl sites for hydroxylation is 1. The van der Waals surface area contributed by atoms with Crippen molar-refractivity contribution in [2.24, 2.45) is 11.8 Å². The molecule has 0 spiro atoms. The van der Waals surface area contributed by atoms with E-state index in [0.29, 0.717) is 62.1 Å². The van der Waals surface area contributed by atoms with Crippen LogP contribution < -0.4 is 30.7 Å². The van der Waals surface area contributed by atoms with Gasteiger partial charge in [-0.1, -0.05) is 55.8 Å². The van der Waals surface area contributed by atoms with Crippen molar-refractivity contribution >= 4 is 77.9 Å². The molecule has 4 N–H and O–H groups in total. The highest BCUT2D eigenvalue weighted by atomic mass is 35.5. The number of benzene rings is 3. The monoisotopic (exact) mass is 1100 g/mol. The molecule has 16 nitrogen and oxygen atoms in total. The lowest BCUT2D eigenvalue weighted by Crippen LogP contribution is -2.51. The summed E-state index contributed by atoms with van der Waals surface area (Å²) in [6, 6.07) is 15.9. The van der Waals surface area contributed by atoms with Gasteiger partial charge in [0.25, 0.3) is 5.88 Å². The second-order valence-corrected chi connectivity index (χ2v) is 23.4. The van der Waals surface area contributed by atoms with Crippen LogP contribution in [0.3, 0.4) is 0 Å². The van der Waals surface area contributed by atoms with Crippen LogP contribution in [0.1, 0.15) is 93.8 Å². The third-order valence-corrected chi connectivity index (χ3v) is 18.0. The van der Waals surface area contributed by atoms with E-state index in [0.717, 1.165) is 78.2 Å². The van der Waals surface area contributed by atoms with Gasteiger partial charge in [-0.15, -0.1) is 22.7 Å². The molecule has 5 atom stereocenters. The normalized spacial score (nSPS) is 19.8. The van der Waals surface area contributed by atoms with Gasteiger partial charge in [0.05, 0.1) is 44.0 Å². The lowest BCUT2D eigenvalue weighted by Gasteiger charge is -2.34. The van der Waals surface area contributed by atoms with Crippen LogP contribution in [-0.4, -0.2) is 112 Å². The minimum absolute atomic E-state index is 0.00712. The van der Waals surface area contributed by atoms with E-state index in [1.54, 1.807) is 28.4 Å². The second-order valence-electron chi connectivity index (χ2n) is 21.1. The van der Waals surface area contributed by atoms with E-state index >= 15 is 8.78 Å². The Labute approximate surface area is 457 Å². The Kier molecular flexibility index (Phi) is 15.1. The highest BCUT2D eigenvalue weighted by Crippen LogP contribution is 2.46. The molecule has 7 aromatic rings. The van der Waals surface area contributed by atoms with Crippen LogP contribution in [0.5, 0.6) is 11.9 Å². The smallest absolute Gasteiger partial charge is 0.319 e. The average Bonchev–Trinajstić information content (AvgIpc) is 4.45. The number of anilines is 2. The van der Waals surface area contributed by atoms with Crippen molar-refractivity contribution in [2.45, 2.75) is 96.3 Å². The first-order valence-corrected chi connectivity index (χ1v) is 28.5. The molecule has 0 radical (unpaired) electrons. The molecule has 8 heterocycles. The number of piperidine rings is 1. The molecule has 0 saturated carbocycles. The molecule has 3 aromatic carbocycles. The molecule has 21 heteroatoms. The summed E-state index contributed by atoms with van der Waals surface area (Å²) in [6.45, 7) is 12.5. The van der Waals surface area contributed by atoms with E-state index in [-0.39, 0.29) is 96.7 Å². The van der Waals surface area contributed by atoms with Gasteiger partial charge in [0.15, 0.2) is 11.6 Å². The summed E-state index contributed by atoms with van der Waals surface area (Å²) in [5.41, 5.74) is 11.3. The van der Waals surface area contributed by atoms with Gasteiger partial charge in [0.2, 0.25) is 11.8 Å². The number of ether oxygens (including phenoxy) is 2. The molecule has 4 aliphatic heterocycles. The van der Waals surface area contributed by atoms with Crippen molar-refractivity contribution in [2.75, 3.05) is 63.1 Å². The molecule has 11 rings (SSSR count). The lowest BCUT2D eigenvalue weighted by molar-refractivity contribution is -0.141. The second kappa shape index (κ2) is 22.1. The fourth-order valence-electron chi connectivity index (χ4n) is 11.6. The van der Waals surface area contributed by atoms with Crippen molar-refractivity contribution in [3.05, 3.63) is 93.3 Å². The number of rotatable bonds is 16. The number of nitrogen functional groups attached to an aromatic ring is 1. The number of carbonyl (C=O) groups is 2. The molecule has 4 fully saturated rings. The van der Waals surface area contributed by atoms with Crippen LogP contribution in [-0.2, 0) is 9.59 Å². The summed E-state index contributed by atoms with van der Waals surface area (Å²) in [5, 5.41) is 21.8. The summed E-state index contributed by atoms with van der Waals surface area (Å²) >= 11 is 9.47. The molecule has 2 amide bonds. The number of thiazole rings is 1. The maximum absolute atomic E-state index is 17.2.